The molecule has 116 valence electrons. The number of imide groups is 1. The smallest absolute Gasteiger partial charge is 0.325 e. The van der Waals surface area contributed by atoms with Crippen molar-refractivity contribution in [2.75, 3.05) is 20.2 Å². The van der Waals surface area contributed by atoms with Gasteiger partial charge in [0.05, 0.1) is 13.7 Å². The molecule has 0 fully saturated rings. The number of benzene rings is 1. The summed E-state index contributed by atoms with van der Waals surface area (Å²) in [6.07, 6.45) is 3.12. The number of rotatable bonds is 6. The molecule has 1 aromatic carbocycles. The first-order valence-corrected chi connectivity index (χ1v) is 6.41. The molecule has 0 aliphatic heterocycles. The van der Waals surface area contributed by atoms with E-state index in [0.717, 1.165) is 5.56 Å². The minimum absolute atomic E-state index is 0.389. The second kappa shape index (κ2) is 9.06. The second-order valence-electron chi connectivity index (χ2n) is 4.09. The van der Waals surface area contributed by atoms with Gasteiger partial charge in [0.2, 0.25) is 0 Å². The highest BCUT2D eigenvalue weighted by Crippen LogP contribution is 2.02. The Hall–Kier alpha value is -2.96. The van der Waals surface area contributed by atoms with Crippen molar-refractivity contribution in [2.24, 2.45) is 0 Å². The standard InChI is InChI=1S/C15H16N2O5/c1-22-14(20)11-16-15(21)17(9-10-18)13(19)8-7-12-5-3-2-4-6-12/h2-8,10H,9,11H2,1H3,(H,16,21)/b8-7+. The summed E-state index contributed by atoms with van der Waals surface area (Å²) in [6, 6.07) is 8.15. The van der Waals surface area contributed by atoms with Gasteiger partial charge in [-0.25, -0.2) is 4.79 Å². The third-order valence-corrected chi connectivity index (χ3v) is 2.60. The summed E-state index contributed by atoms with van der Waals surface area (Å²) in [6.45, 7) is -0.800. The number of nitrogens with one attached hydrogen (secondary N) is 1. The average Bonchev–Trinajstić information content (AvgIpc) is 2.55. The van der Waals surface area contributed by atoms with Gasteiger partial charge in [-0.1, -0.05) is 30.3 Å². The van der Waals surface area contributed by atoms with Crippen LogP contribution in [0.2, 0.25) is 0 Å². The zero-order valence-electron chi connectivity index (χ0n) is 12.0. The fraction of sp³-hybridized carbons (Fsp3) is 0.200. The highest BCUT2D eigenvalue weighted by molar-refractivity contribution is 6.03. The van der Waals surface area contributed by atoms with Crippen LogP contribution in [-0.4, -0.2) is 49.3 Å². The summed E-state index contributed by atoms with van der Waals surface area (Å²) in [4.78, 5) is 46.0. The quantitative estimate of drug-likeness (QED) is 0.472. The van der Waals surface area contributed by atoms with Crippen LogP contribution in [0.15, 0.2) is 36.4 Å². The van der Waals surface area contributed by atoms with Gasteiger partial charge in [-0.2, -0.15) is 0 Å². The molecule has 0 aromatic heterocycles. The Morgan fingerprint density at radius 3 is 2.50 bits per heavy atom. The summed E-state index contributed by atoms with van der Waals surface area (Å²) in [5, 5.41) is 2.20. The summed E-state index contributed by atoms with van der Waals surface area (Å²) in [7, 11) is 1.17. The van der Waals surface area contributed by atoms with Crippen molar-refractivity contribution >= 4 is 30.3 Å². The molecule has 3 amide bonds. The van der Waals surface area contributed by atoms with Crippen LogP contribution >= 0.6 is 0 Å². The van der Waals surface area contributed by atoms with Gasteiger partial charge in [0.15, 0.2) is 0 Å². The maximum absolute atomic E-state index is 12.0. The zero-order chi connectivity index (χ0) is 16.4. The average molecular weight is 304 g/mol. The summed E-state index contributed by atoms with van der Waals surface area (Å²) in [5.74, 6) is -1.33. The predicted molar refractivity (Wildman–Crippen MR) is 78.7 cm³/mol. The van der Waals surface area contributed by atoms with Crippen LogP contribution in [0.25, 0.3) is 6.08 Å². The molecule has 0 bridgehead atoms. The van der Waals surface area contributed by atoms with Crippen LogP contribution in [0.1, 0.15) is 5.56 Å². The molecule has 7 nitrogen and oxygen atoms in total. The first kappa shape index (κ1) is 17.1. The third-order valence-electron chi connectivity index (χ3n) is 2.60. The Morgan fingerprint density at radius 2 is 1.91 bits per heavy atom. The van der Waals surface area contributed by atoms with E-state index in [4.69, 9.17) is 0 Å². The third kappa shape index (κ3) is 5.58. The van der Waals surface area contributed by atoms with Crippen LogP contribution in [0, 0.1) is 0 Å². The Kier molecular flexibility index (Phi) is 7.04. The van der Waals surface area contributed by atoms with Crippen molar-refractivity contribution in [2.45, 2.75) is 0 Å². The van der Waals surface area contributed by atoms with Crippen LogP contribution < -0.4 is 5.32 Å². The van der Waals surface area contributed by atoms with E-state index in [1.807, 2.05) is 6.07 Å². The van der Waals surface area contributed by atoms with Gasteiger partial charge in [-0.15, -0.1) is 0 Å². The minimum Gasteiger partial charge on any atom is -0.468 e. The second-order valence-corrected chi connectivity index (χ2v) is 4.09. The van der Waals surface area contributed by atoms with E-state index in [-0.39, 0.29) is 6.54 Å². The molecule has 0 unspecified atom stereocenters. The van der Waals surface area contributed by atoms with E-state index in [1.54, 1.807) is 24.3 Å². The largest absolute Gasteiger partial charge is 0.468 e. The first-order valence-electron chi connectivity index (χ1n) is 6.41. The molecule has 0 heterocycles. The van der Waals surface area contributed by atoms with Gasteiger partial charge in [-0.3, -0.25) is 14.5 Å². The van der Waals surface area contributed by atoms with E-state index in [2.05, 4.69) is 10.1 Å². The monoisotopic (exact) mass is 304 g/mol. The Balaban J connectivity index is 2.70. The molecule has 0 radical (unpaired) electrons. The zero-order valence-corrected chi connectivity index (χ0v) is 12.0. The molecular formula is C15H16N2O5. The van der Waals surface area contributed by atoms with Crippen LogP contribution in [0.3, 0.4) is 0 Å². The van der Waals surface area contributed by atoms with Crippen molar-refractivity contribution in [3.05, 3.63) is 42.0 Å². The summed E-state index contributed by atoms with van der Waals surface area (Å²) in [5.41, 5.74) is 0.775. The van der Waals surface area contributed by atoms with Crippen LogP contribution in [0.4, 0.5) is 4.79 Å². The van der Waals surface area contributed by atoms with Crippen LogP contribution in [0.5, 0.6) is 0 Å². The van der Waals surface area contributed by atoms with Gasteiger partial charge < -0.3 is 14.8 Å². The lowest BCUT2D eigenvalue weighted by Gasteiger charge is -2.16. The topological polar surface area (TPSA) is 92.8 Å². The lowest BCUT2D eigenvalue weighted by molar-refractivity contribution is -0.139. The van der Waals surface area contributed by atoms with Gasteiger partial charge in [0, 0.05) is 6.08 Å². The Morgan fingerprint density at radius 1 is 1.23 bits per heavy atom. The fourth-order valence-corrected chi connectivity index (χ4v) is 1.48. The molecule has 22 heavy (non-hydrogen) atoms. The van der Waals surface area contributed by atoms with Crippen molar-refractivity contribution < 1.29 is 23.9 Å². The number of esters is 1. The van der Waals surface area contributed by atoms with Gasteiger partial charge in [0.1, 0.15) is 12.8 Å². The molecule has 0 saturated heterocycles. The van der Waals surface area contributed by atoms with Gasteiger partial charge >= 0.3 is 12.0 Å². The van der Waals surface area contributed by atoms with Crippen molar-refractivity contribution in [3.8, 4) is 0 Å². The van der Waals surface area contributed by atoms with Gasteiger partial charge in [0.25, 0.3) is 5.91 Å². The molecule has 0 saturated carbocycles. The molecule has 1 N–H and O–H groups in total. The number of amides is 3. The molecule has 7 heteroatoms. The van der Waals surface area contributed by atoms with Crippen LogP contribution in [-0.2, 0) is 19.1 Å². The number of nitrogens with zero attached hydrogens (tertiary/aromatic N) is 1. The van der Waals surface area contributed by atoms with Crippen molar-refractivity contribution in [1.82, 2.24) is 10.2 Å². The first-order chi connectivity index (χ1) is 10.6. The summed E-state index contributed by atoms with van der Waals surface area (Å²) >= 11 is 0. The molecule has 0 atom stereocenters. The number of carbonyl (C=O) groups is 4. The highest BCUT2D eigenvalue weighted by atomic mass is 16.5. The maximum Gasteiger partial charge on any atom is 0.325 e. The van der Waals surface area contributed by atoms with E-state index < -0.39 is 24.5 Å². The van der Waals surface area contributed by atoms with Gasteiger partial charge in [-0.05, 0) is 11.6 Å². The van der Waals surface area contributed by atoms with Crippen molar-refractivity contribution in [3.63, 3.8) is 0 Å². The molecule has 1 rings (SSSR count). The fourth-order valence-electron chi connectivity index (χ4n) is 1.48. The van der Waals surface area contributed by atoms with E-state index in [1.165, 1.54) is 19.3 Å². The Bertz CT molecular complexity index is 569. The van der Waals surface area contributed by atoms with E-state index in [9.17, 15) is 19.2 Å². The number of urea groups is 1. The number of hydrogen-bond acceptors (Lipinski definition) is 5. The van der Waals surface area contributed by atoms with E-state index in [0.29, 0.717) is 11.2 Å². The summed E-state index contributed by atoms with van der Waals surface area (Å²) < 4.78 is 4.37. The lowest BCUT2D eigenvalue weighted by Crippen LogP contribution is -2.45. The lowest BCUT2D eigenvalue weighted by atomic mass is 10.2. The number of carbonyl (C=O) groups excluding carboxylic acids is 4. The number of ether oxygens (including phenoxy) is 1. The maximum atomic E-state index is 12.0. The number of methoxy groups -OCH3 is 1. The minimum atomic E-state index is -0.847. The van der Waals surface area contributed by atoms with Crippen molar-refractivity contribution in [1.29, 1.82) is 0 Å². The molecule has 0 aliphatic carbocycles. The molecule has 0 aliphatic rings. The Labute approximate surface area is 127 Å². The van der Waals surface area contributed by atoms with E-state index >= 15 is 0 Å². The molecular weight excluding hydrogens is 288 g/mol. The predicted octanol–water partition coefficient (Wildman–Crippen LogP) is 0.610. The molecule has 0 spiro atoms. The molecule has 1 aromatic rings. The highest BCUT2D eigenvalue weighted by Gasteiger charge is 2.19. The SMILES string of the molecule is COC(=O)CNC(=O)N(CC=O)C(=O)/C=C/c1ccccc1. The normalized spacial score (nSPS) is 10.0. The number of hydrogen-bond donors (Lipinski definition) is 1. The number of aldehydes is 1.